The minimum Gasteiger partial charge on any atom is -0.412 e. The van der Waals surface area contributed by atoms with Crippen molar-refractivity contribution in [2.75, 3.05) is 0 Å². The van der Waals surface area contributed by atoms with E-state index in [0.29, 0.717) is 0 Å². The van der Waals surface area contributed by atoms with Crippen LogP contribution in [0.2, 0.25) is 18.1 Å². The van der Waals surface area contributed by atoms with E-state index in [-0.39, 0.29) is 17.1 Å². The van der Waals surface area contributed by atoms with E-state index in [1.54, 1.807) is 0 Å². The molecule has 2 rings (SSSR count). The van der Waals surface area contributed by atoms with Crippen molar-refractivity contribution in [2.24, 2.45) is 5.92 Å². The first kappa shape index (κ1) is 17.1. The highest BCUT2D eigenvalue weighted by atomic mass is 28.4. The Bertz CT molecular complexity index is 593. The molecule has 1 aliphatic rings. The molecule has 22 heavy (non-hydrogen) atoms. The summed E-state index contributed by atoms with van der Waals surface area (Å²) in [5.41, 5.74) is 2.35. The molecule has 0 unspecified atom stereocenters. The van der Waals surface area contributed by atoms with Gasteiger partial charge in [-0.1, -0.05) is 62.5 Å². The van der Waals surface area contributed by atoms with E-state index in [2.05, 4.69) is 89.0 Å². The molecule has 0 saturated heterocycles. The van der Waals surface area contributed by atoms with Crippen LogP contribution in [-0.4, -0.2) is 14.4 Å². The lowest BCUT2D eigenvalue weighted by Gasteiger charge is -2.39. The molecule has 1 nitrogen and oxygen atoms in total. The normalized spacial score (nSPS) is 21.5. The highest BCUT2D eigenvalue weighted by Gasteiger charge is 2.40. The smallest absolute Gasteiger partial charge is 0.192 e. The van der Waals surface area contributed by atoms with Gasteiger partial charge in [0.15, 0.2) is 8.32 Å². The van der Waals surface area contributed by atoms with Gasteiger partial charge in [0.1, 0.15) is 0 Å². The predicted molar refractivity (Wildman–Crippen MR) is 97.4 cm³/mol. The second kappa shape index (κ2) is 6.44. The lowest BCUT2D eigenvalue weighted by atomic mass is 10.1. The van der Waals surface area contributed by atoms with E-state index in [1.807, 2.05) is 0 Å². The fourth-order valence-electron chi connectivity index (χ4n) is 2.25. The minimum atomic E-state index is -1.74. The molecule has 0 saturated carbocycles. The van der Waals surface area contributed by atoms with Gasteiger partial charge in [-0.15, -0.1) is 0 Å². The lowest BCUT2D eigenvalue weighted by molar-refractivity contribution is 0.171. The van der Waals surface area contributed by atoms with Crippen LogP contribution in [0.3, 0.4) is 0 Å². The van der Waals surface area contributed by atoms with Gasteiger partial charge < -0.3 is 4.43 Å². The van der Waals surface area contributed by atoms with Crippen molar-refractivity contribution in [1.82, 2.24) is 0 Å². The second-order valence-corrected chi connectivity index (χ2v) is 12.5. The maximum Gasteiger partial charge on any atom is 0.192 e. The first-order chi connectivity index (χ1) is 10.2. The monoisotopic (exact) mass is 312 g/mol. The molecule has 2 atom stereocenters. The van der Waals surface area contributed by atoms with E-state index in [1.165, 1.54) is 5.56 Å². The summed E-state index contributed by atoms with van der Waals surface area (Å²) in [6.45, 7) is 13.6. The van der Waals surface area contributed by atoms with Crippen molar-refractivity contribution in [3.05, 3.63) is 47.5 Å². The van der Waals surface area contributed by atoms with Crippen molar-refractivity contribution in [3.63, 3.8) is 0 Å². The largest absolute Gasteiger partial charge is 0.412 e. The average Bonchev–Trinajstić information content (AvgIpc) is 2.83. The Labute approximate surface area is 136 Å². The average molecular weight is 313 g/mol. The van der Waals surface area contributed by atoms with Crippen molar-refractivity contribution >= 4 is 8.32 Å². The molecule has 0 spiro atoms. The Kier molecular flexibility index (Phi) is 4.99. The van der Waals surface area contributed by atoms with Gasteiger partial charge in [-0.2, -0.15) is 0 Å². The van der Waals surface area contributed by atoms with Gasteiger partial charge in [0.05, 0.1) is 12.0 Å². The van der Waals surface area contributed by atoms with Crippen LogP contribution < -0.4 is 0 Å². The number of hydrogen-bond donors (Lipinski definition) is 0. The van der Waals surface area contributed by atoms with Crippen molar-refractivity contribution < 1.29 is 4.43 Å². The van der Waals surface area contributed by atoms with Crippen LogP contribution >= 0.6 is 0 Å². The summed E-state index contributed by atoms with van der Waals surface area (Å²) >= 11 is 0. The minimum absolute atomic E-state index is 0.218. The molecule has 0 amide bonds. The van der Waals surface area contributed by atoms with Crippen molar-refractivity contribution in [3.8, 4) is 11.8 Å². The van der Waals surface area contributed by atoms with E-state index in [4.69, 9.17) is 4.43 Å². The van der Waals surface area contributed by atoms with Gasteiger partial charge >= 0.3 is 0 Å². The van der Waals surface area contributed by atoms with Crippen LogP contribution in [-0.2, 0) is 4.43 Å². The molecular formula is C20H28OSi. The topological polar surface area (TPSA) is 9.23 Å². The Morgan fingerprint density at radius 2 is 1.77 bits per heavy atom. The van der Waals surface area contributed by atoms with Gasteiger partial charge in [-0.3, -0.25) is 0 Å². The standard InChI is InChI=1S/C20H28OSi/c1-16-10-12-17(13-11-16)14-15-18-8-7-9-19(18)21-22(5,6)20(2,3)4/h7-8,10-13,18-19H,9H2,1-6H3/t18-,19+/m0/s1. The Morgan fingerprint density at radius 3 is 2.36 bits per heavy atom. The fourth-order valence-corrected chi connectivity index (χ4v) is 3.60. The zero-order valence-electron chi connectivity index (χ0n) is 14.7. The summed E-state index contributed by atoms with van der Waals surface area (Å²) in [6, 6.07) is 8.39. The Balaban J connectivity index is 2.08. The molecule has 0 radical (unpaired) electrons. The number of aryl methyl sites for hydroxylation is 1. The van der Waals surface area contributed by atoms with E-state index in [9.17, 15) is 0 Å². The zero-order valence-corrected chi connectivity index (χ0v) is 15.7. The zero-order chi connectivity index (χ0) is 16.4. The van der Waals surface area contributed by atoms with Crippen molar-refractivity contribution in [2.45, 2.75) is 58.4 Å². The quantitative estimate of drug-likeness (QED) is 0.408. The van der Waals surface area contributed by atoms with Crippen LogP contribution in [0.1, 0.15) is 38.3 Å². The van der Waals surface area contributed by atoms with Gasteiger partial charge in [0.25, 0.3) is 0 Å². The molecule has 0 aliphatic heterocycles. The van der Waals surface area contributed by atoms with Gasteiger partial charge in [0.2, 0.25) is 0 Å². The third-order valence-electron chi connectivity index (χ3n) is 4.80. The third kappa shape index (κ3) is 4.12. The fraction of sp³-hybridized carbons (Fsp3) is 0.500. The predicted octanol–water partition coefficient (Wildman–Crippen LogP) is 5.31. The summed E-state index contributed by atoms with van der Waals surface area (Å²) in [4.78, 5) is 0. The molecule has 0 aromatic heterocycles. The highest BCUT2D eigenvalue weighted by molar-refractivity contribution is 6.74. The Hall–Kier alpha value is -1.30. The lowest BCUT2D eigenvalue weighted by Crippen LogP contribution is -2.44. The van der Waals surface area contributed by atoms with Crippen LogP contribution in [0, 0.1) is 24.7 Å². The maximum atomic E-state index is 6.56. The van der Waals surface area contributed by atoms with Crippen LogP contribution in [0.15, 0.2) is 36.4 Å². The molecule has 1 aliphatic carbocycles. The molecule has 0 N–H and O–H groups in total. The van der Waals surface area contributed by atoms with Gasteiger partial charge in [-0.05, 0) is 43.6 Å². The van der Waals surface area contributed by atoms with E-state index in [0.717, 1.165) is 12.0 Å². The number of rotatable bonds is 2. The molecule has 0 bridgehead atoms. The first-order valence-electron chi connectivity index (χ1n) is 8.12. The van der Waals surface area contributed by atoms with E-state index < -0.39 is 8.32 Å². The second-order valence-electron chi connectivity index (χ2n) is 7.74. The number of hydrogen-bond acceptors (Lipinski definition) is 1. The first-order valence-corrected chi connectivity index (χ1v) is 11.0. The SMILES string of the molecule is Cc1ccc(C#C[C@@H]2C=CC[C@H]2O[Si](C)(C)C(C)(C)C)cc1. The summed E-state index contributed by atoms with van der Waals surface area (Å²) in [5.74, 6) is 6.92. The summed E-state index contributed by atoms with van der Waals surface area (Å²) < 4.78 is 6.56. The third-order valence-corrected chi connectivity index (χ3v) is 9.30. The molecule has 0 fully saturated rings. The molecule has 118 valence electrons. The van der Waals surface area contributed by atoms with Crippen molar-refractivity contribution in [1.29, 1.82) is 0 Å². The molecular weight excluding hydrogens is 284 g/mol. The van der Waals surface area contributed by atoms with Crippen LogP contribution in [0.5, 0.6) is 0 Å². The molecule has 1 aromatic carbocycles. The molecule has 1 aromatic rings. The summed E-state index contributed by atoms with van der Waals surface area (Å²) in [6.07, 6.45) is 5.63. The summed E-state index contributed by atoms with van der Waals surface area (Å²) in [7, 11) is -1.74. The summed E-state index contributed by atoms with van der Waals surface area (Å²) in [5, 5.41) is 0.241. The molecule has 0 heterocycles. The highest BCUT2D eigenvalue weighted by Crippen LogP contribution is 2.39. The van der Waals surface area contributed by atoms with Gasteiger partial charge in [0, 0.05) is 5.56 Å². The van der Waals surface area contributed by atoms with E-state index >= 15 is 0 Å². The van der Waals surface area contributed by atoms with Gasteiger partial charge in [-0.25, -0.2) is 0 Å². The Morgan fingerprint density at radius 1 is 1.14 bits per heavy atom. The van der Waals surface area contributed by atoms with Crippen LogP contribution in [0.25, 0.3) is 0 Å². The maximum absolute atomic E-state index is 6.56. The molecule has 2 heteroatoms. The van der Waals surface area contributed by atoms with Crippen LogP contribution in [0.4, 0.5) is 0 Å². The number of benzene rings is 1.